The fraction of sp³-hybridized carbons (Fsp3) is 0.387. The summed E-state index contributed by atoms with van der Waals surface area (Å²) in [6.45, 7) is 11.1. The zero-order chi connectivity index (χ0) is 26.6. The van der Waals surface area contributed by atoms with Crippen molar-refractivity contribution in [1.82, 2.24) is 4.90 Å². The van der Waals surface area contributed by atoms with Crippen molar-refractivity contribution >= 4 is 21.4 Å². The van der Waals surface area contributed by atoms with Crippen molar-refractivity contribution in [2.75, 3.05) is 31.1 Å². The summed E-state index contributed by atoms with van der Waals surface area (Å²) in [7, 11) is -3.51. The van der Waals surface area contributed by atoms with Gasteiger partial charge in [0.05, 0.1) is 10.6 Å². The zero-order valence-corrected chi connectivity index (χ0v) is 23.3. The molecule has 3 aromatic carbocycles. The maximum Gasteiger partial charge on any atom is 0.254 e. The number of sulfone groups is 1. The lowest BCUT2D eigenvalue weighted by molar-refractivity contribution is 0.0746. The lowest BCUT2D eigenvalue weighted by Crippen LogP contribution is -2.49. The Morgan fingerprint density at radius 3 is 2.19 bits per heavy atom. The average Bonchev–Trinajstić information content (AvgIpc) is 2.90. The minimum absolute atomic E-state index is 0.0300. The molecule has 0 spiro atoms. The number of piperazine rings is 1. The van der Waals surface area contributed by atoms with E-state index in [2.05, 4.69) is 43.9 Å². The zero-order valence-electron chi connectivity index (χ0n) is 22.5. The summed E-state index contributed by atoms with van der Waals surface area (Å²) < 4.78 is 26.2. The number of hydrogen-bond donors (Lipinski definition) is 0. The van der Waals surface area contributed by atoms with E-state index in [0.717, 1.165) is 43.5 Å². The fourth-order valence-corrected chi connectivity index (χ4v) is 6.27. The van der Waals surface area contributed by atoms with Gasteiger partial charge in [-0.05, 0) is 85.7 Å². The molecule has 0 N–H and O–H groups in total. The molecular weight excluding hydrogens is 480 g/mol. The van der Waals surface area contributed by atoms with Crippen LogP contribution in [0.5, 0.6) is 0 Å². The smallest absolute Gasteiger partial charge is 0.254 e. The Hall–Kier alpha value is -3.12. The molecule has 1 amide bonds. The molecule has 4 rings (SSSR count). The first-order valence-electron chi connectivity index (χ1n) is 13.2. The molecule has 0 saturated carbocycles. The van der Waals surface area contributed by atoms with Crippen LogP contribution in [0.3, 0.4) is 0 Å². The van der Waals surface area contributed by atoms with Crippen LogP contribution in [-0.4, -0.2) is 45.4 Å². The third-order valence-corrected chi connectivity index (χ3v) is 9.18. The van der Waals surface area contributed by atoms with Gasteiger partial charge in [-0.25, -0.2) is 8.42 Å². The van der Waals surface area contributed by atoms with Gasteiger partial charge in [-0.3, -0.25) is 4.79 Å². The summed E-state index contributed by atoms with van der Waals surface area (Å²) in [5, 5.41) is 0. The number of carbonyl (C=O) groups is 1. The first kappa shape index (κ1) is 26.9. The molecule has 37 heavy (non-hydrogen) atoms. The van der Waals surface area contributed by atoms with Gasteiger partial charge < -0.3 is 9.80 Å². The Balaban J connectivity index is 1.45. The first-order valence-corrected chi connectivity index (χ1v) is 14.9. The molecule has 1 aliphatic rings. The van der Waals surface area contributed by atoms with E-state index in [4.69, 9.17) is 0 Å². The second-order valence-corrected chi connectivity index (χ2v) is 12.1. The molecular formula is C31H38N2O3S. The highest BCUT2D eigenvalue weighted by atomic mass is 32.2. The molecule has 0 unspecified atom stereocenters. The number of benzene rings is 3. The third-order valence-electron chi connectivity index (χ3n) is 7.47. The average molecular weight is 519 g/mol. The van der Waals surface area contributed by atoms with Gasteiger partial charge in [-0.1, -0.05) is 49.7 Å². The second-order valence-electron chi connectivity index (χ2n) is 10.2. The quantitative estimate of drug-likeness (QED) is 0.373. The van der Waals surface area contributed by atoms with E-state index >= 15 is 0 Å². The van der Waals surface area contributed by atoms with Gasteiger partial charge in [0.15, 0.2) is 9.84 Å². The maximum atomic E-state index is 13.5. The van der Waals surface area contributed by atoms with E-state index in [1.807, 2.05) is 36.1 Å². The monoisotopic (exact) mass is 518 g/mol. The van der Waals surface area contributed by atoms with E-state index in [1.165, 1.54) is 16.8 Å². The van der Waals surface area contributed by atoms with E-state index < -0.39 is 9.84 Å². The summed E-state index contributed by atoms with van der Waals surface area (Å²) in [6.07, 6.45) is 3.16. The van der Waals surface area contributed by atoms with Crippen LogP contribution >= 0.6 is 0 Å². The maximum absolute atomic E-state index is 13.5. The molecule has 196 valence electrons. The highest BCUT2D eigenvalue weighted by Crippen LogP contribution is 2.25. The summed E-state index contributed by atoms with van der Waals surface area (Å²) in [4.78, 5) is 18.0. The van der Waals surface area contributed by atoms with E-state index in [-0.39, 0.29) is 11.7 Å². The van der Waals surface area contributed by atoms with Crippen molar-refractivity contribution in [3.05, 3.63) is 94.0 Å². The lowest BCUT2D eigenvalue weighted by Gasteiger charge is -2.37. The molecule has 0 atom stereocenters. The van der Waals surface area contributed by atoms with Crippen LogP contribution in [-0.2, 0) is 22.0 Å². The topological polar surface area (TPSA) is 57.7 Å². The number of unbranched alkanes of at least 4 members (excludes halogenated alkanes) is 1. The minimum Gasteiger partial charge on any atom is -0.368 e. The number of carbonyl (C=O) groups excluding carboxylic acids is 1. The van der Waals surface area contributed by atoms with E-state index in [0.29, 0.717) is 29.1 Å². The normalized spacial score (nSPS) is 14.2. The van der Waals surface area contributed by atoms with Crippen molar-refractivity contribution in [3.63, 3.8) is 0 Å². The summed E-state index contributed by atoms with van der Waals surface area (Å²) in [5.74, 6) is -0.153. The molecule has 1 heterocycles. The van der Waals surface area contributed by atoms with Crippen molar-refractivity contribution in [3.8, 4) is 0 Å². The Morgan fingerprint density at radius 2 is 1.51 bits per heavy atom. The van der Waals surface area contributed by atoms with Crippen LogP contribution in [0, 0.1) is 20.8 Å². The number of amides is 1. The lowest BCUT2D eigenvalue weighted by atomic mass is 10.0. The first-order chi connectivity index (χ1) is 17.7. The van der Waals surface area contributed by atoms with Crippen molar-refractivity contribution in [1.29, 1.82) is 0 Å². The standard InChI is InChI=1S/C31H38N2O3S/c1-5-6-9-26-13-15-28(16-14-26)37(35,36)22-27-12-11-24(3)29(21-27)31(34)33-19-17-32(18-20-33)30-10-7-8-23(2)25(30)4/h7-8,10-16,21H,5-6,9,17-20,22H2,1-4H3. The Bertz CT molecular complexity index is 1360. The Kier molecular flexibility index (Phi) is 8.38. The van der Waals surface area contributed by atoms with Crippen LogP contribution in [0.1, 0.15) is 57.9 Å². The highest BCUT2D eigenvalue weighted by molar-refractivity contribution is 7.90. The minimum atomic E-state index is -3.51. The predicted molar refractivity (Wildman–Crippen MR) is 151 cm³/mol. The van der Waals surface area contributed by atoms with Gasteiger partial charge in [0, 0.05) is 37.4 Å². The van der Waals surface area contributed by atoms with Gasteiger partial charge >= 0.3 is 0 Å². The van der Waals surface area contributed by atoms with Crippen LogP contribution in [0.2, 0.25) is 0 Å². The summed E-state index contributed by atoms with van der Waals surface area (Å²) in [5.41, 5.74) is 7.02. The van der Waals surface area contributed by atoms with Crippen molar-refractivity contribution in [2.24, 2.45) is 0 Å². The number of aryl methyl sites for hydroxylation is 3. The summed E-state index contributed by atoms with van der Waals surface area (Å²) >= 11 is 0. The number of hydrogen-bond acceptors (Lipinski definition) is 4. The van der Waals surface area contributed by atoms with E-state index in [9.17, 15) is 13.2 Å². The molecule has 1 saturated heterocycles. The molecule has 0 aromatic heterocycles. The molecule has 1 aliphatic heterocycles. The second kappa shape index (κ2) is 11.5. The van der Waals surface area contributed by atoms with Gasteiger partial charge in [0.2, 0.25) is 0 Å². The molecule has 1 fully saturated rings. The van der Waals surface area contributed by atoms with Crippen molar-refractivity contribution < 1.29 is 13.2 Å². The van der Waals surface area contributed by atoms with Crippen LogP contribution in [0.4, 0.5) is 5.69 Å². The predicted octanol–water partition coefficient (Wildman–Crippen LogP) is 5.89. The van der Waals surface area contributed by atoms with Gasteiger partial charge in [0.25, 0.3) is 5.91 Å². The fourth-order valence-electron chi connectivity index (χ4n) is 4.94. The van der Waals surface area contributed by atoms with Gasteiger partial charge in [0.1, 0.15) is 0 Å². The number of anilines is 1. The van der Waals surface area contributed by atoms with Crippen LogP contribution in [0.25, 0.3) is 0 Å². The Morgan fingerprint density at radius 1 is 0.838 bits per heavy atom. The Labute approximate surface area is 222 Å². The van der Waals surface area contributed by atoms with Crippen molar-refractivity contribution in [2.45, 2.75) is 57.6 Å². The van der Waals surface area contributed by atoms with Crippen LogP contribution in [0.15, 0.2) is 65.6 Å². The van der Waals surface area contributed by atoms with Gasteiger partial charge in [-0.2, -0.15) is 0 Å². The summed E-state index contributed by atoms with van der Waals surface area (Å²) in [6, 6.07) is 19.0. The molecule has 0 aliphatic carbocycles. The molecule has 5 nitrogen and oxygen atoms in total. The largest absolute Gasteiger partial charge is 0.368 e. The molecule has 0 bridgehead atoms. The molecule has 6 heteroatoms. The highest BCUT2D eigenvalue weighted by Gasteiger charge is 2.25. The van der Waals surface area contributed by atoms with Gasteiger partial charge in [-0.15, -0.1) is 0 Å². The van der Waals surface area contributed by atoms with E-state index in [1.54, 1.807) is 18.2 Å². The molecule has 0 radical (unpaired) electrons. The third kappa shape index (κ3) is 6.24. The number of nitrogens with zero attached hydrogens (tertiary/aromatic N) is 2. The van der Waals surface area contributed by atoms with Crippen LogP contribution < -0.4 is 4.90 Å². The SMILES string of the molecule is CCCCc1ccc(S(=O)(=O)Cc2ccc(C)c(C(=O)N3CCN(c4cccc(C)c4C)CC3)c2)cc1. The number of rotatable bonds is 8. The molecule has 3 aromatic rings.